The molecule has 1 aromatic heterocycles. The van der Waals surface area contributed by atoms with Crippen LogP contribution in [-0.4, -0.2) is 36.1 Å². The number of aromatic hydroxyl groups is 1. The number of rotatable bonds is 3. The molecule has 1 saturated heterocycles. The summed E-state index contributed by atoms with van der Waals surface area (Å²) in [5.74, 6) is 0.617. The van der Waals surface area contributed by atoms with E-state index in [2.05, 4.69) is 10.3 Å². The minimum Gasteiger partial charge on any atom is -0.506 e. The first kappa shape index (κ1) is 11.3. The third-order valence-corrected chi connectivity index (χ3v) is 4.38. The molecule has 1 atom stereocenters. The number of sulfone groups is 1. The van der Waals surface area contributed by atoms with Crippen molar-refractivity contribution in [3.63, 3.8) is 0 Å². The predicted molar refractivity (Wildman–Crippen MR) is 59.8 cm³/mol. The number of hydrogen-bond acceptors (Lipinski definition) is 5. The maximum Gasteiger partial charge on any atom is 0.151 e. The molecule has 88 valence electrons. The van der Waals surface area contributed by atoms with Crippen molar-refractivity contribution in [1.29, 1.82) is 0 Å². The Morgan fingerprint density at radius 3 is 2.88 bits per heavy atom. The number of aromatic nitrogens is 1. The van der Waals surface area contributed by atoms with Crippen LogP contribution >= 0.6 is 0 Å². The van der Waals surface area contributed by atoms with Crippen molar-refractivity contribution in [2.24, 2.45) is 0 Å². The van der Waals surface area contributed by atoms with E-state index in [0.717, 1.165) is 5.69 Å². The molecular formula is C10H14N2O3S. The van der Waals surface area contributed by atoms with Crippen LogP contribution in [0, 0.1) is 0 Å². The van der Waals surface area contributed by atoms with Gasteiger partial charge in [-0.3, -0.25) is 4.98 Å². The molecule has 16 heavy (non-hydrogen) atoms. The Morgan fingerprint density at radius 1 is 1.50 bits per heavy atom. The molecule has 2 rings (SSSR count). The van der Waals surface area contributed by atoms with Crippen molar-refractivity contribution in [2.45, 2.75) is 19.0 Å². The summed E-state index contributed by atoms with van der Waals surface area (Å²) in [4.78, 5) is 4.01. The summed E-state index contributed by atoms with van der Waals surface area (Å²) in [6.07, 6.45) is 2.04. The summed E-state index contributed by atoms with van der Waals surface area (Å²) in [5.41, 5.74) is 0.794. The highest BCUT2D eigenvalue weighted by atomic mass is 32.2. The minimum absolute atomic E-state index is 0.0283. The molecule has 1 aliphatic heterocycles. The molecule has 1 fully saturated rings. The molecule has 0 radical (unpaired) electrons. The molecule has 1 aromatic rings. The quantitative estimate of drug-likeness (QED) is 0.783. The molecule has 0 aromatic carbocycles. The first-order valence-electron chi connectivity index (χ1n) is 5.13. The number of nitrogens with one attached hydrogen (secondary N) is 1. The number of nitrogens with zero attached hydrogens (tertiary/aromatic N) is 1. The Morgan fingerprint density at radius 2 is 2.31 bits per heavy atom. The lowest BCUT2D eigenvalue weighted by Gasteiger charge is -2.09. The van der Waals surface area contributed by atoms with Crippen LogP contribution in [0.3, 0.4) is 0 Å². The first-order chi connectivity index (χ1) is 7.55. The molecule has 0 saturated carbocycles. The monoisotopic (exact) mass is 242 g/mol. The average molecular weight is 242 g/mol. The van der Waals surface area contributed by atoms with Gasteiger partial charge in [0.05, 0.1) is 23.4 Å². The van der Waals surface area contributed by atoms with E-state index in [1.807, 2.05) is 0 Å². The lowest BCUT2D eigenvalue weighted by Crippen LogP contribution is -2.29. The molecule has 0 spiro atoms. The van der Waals surface area contributed by atoms with Gasteiger partial charge in [0.25, 0.3) is 0 Å². The van der Waals surface area contributed by atoms with Crippen LogP contribution in [0.15, 0.2) is 18.3 Å². The highest BCUT2D eigenvalue weighted by Crippen LogP contribution is 2.12. The van der Waals surface area contributed by atoms with Crippen molar-refractivity contribution in [3.05, 3.63) is 24.0 Å². The Balaban J connectivity index is 1.87. The second-order valence-electron chi connectivity index (χ2n) is 3.99. The molecule has 1 aliphatic rings. The van der Waals surface area contributed by atoms with Gasteiger partial charge in [-0.2, -0.15) is 0 Å². The molecule has 2 N–H and O–H groups in total. The van der Waals surface area contributed by atoms with Gasteiger partial charge in [-0.15, -0.1) is 0 Å². The molecular weight excluding hydrogens is 228 g/mol. The van der Waals surface area contributed by atoms with Gasteiger partial charge in [0, 0.05) is 12.6 Å². The Kier molecular flexibility index (Phi) is 3.11. The molecule has 0 aliphatic carbocycles. The van der Waals surface area contributed by atoms with E-state index in [0.29, 0.717) is 13.0 Å². The summed E-state index contributed by atoms with van der Waals surface area (Å²) >= 11 is 0. The Labute approximate surface area is 94.4 Å². The highest BCUT2D eigenvalue weighted by Gasteiger charge is 2.27. The van der Waals surface area contributed by atoms with E-state index in [1.165, 1.54) is 6.20 Å². The van der Waals surface area contributed by atoms with Gasteiger partial charge >= 0.3 is 0 Å². The smallest absolute Gasteiger partial charge is 0.151 e. The second-order valence-corrected chi connectivity index (χ2v) is 6.22. The zero-order valence-electron chi connectivity index (χ0n) is 8.76. The number of pyridine rings is 1. The normalized spacial score (nSPS) is 23.4. The van der Waals surface area contributed by atoms with E-state index in [9.17, 15) is 8.42 Å². The van der Waals surface area contributed by atoms with Gasteiger partial charge < -0.3 is 10.4 Å². The van der Waals surface area contributed by atoms with Crippen molar-refractivity contribution in [1.82, 2.24) is 10.3 Å². The fraction of sp³-hybridized carbons (Fsp3) is 0.500. The second kappa shape index (κ2) is 4.39. The van der Waals surface area contributed by atoms with E-state index >= 15 is 0 Å². The van der Waals surface area contributed by atoms with Gasteiger partial charge in [-0.1, -0.05) is 0 Å². The van der Waals surface area contributed by atoms with Crippen molar-refractivity contribution in [3.8, 4) is 5.75 Å². The summed E-state index contributed by atoms with van der Waals surface area (Å²) in [6.45, 7) is 0.528. The zero-order chi connectivity index (χ0) is 11.6. The van der Waals surface area contributed by atoms with Crippen molar-refractivity contribution in [2.75, 3.05) is 11.5 Å². The predicted octanol–water partition coefficient (Wildman–Crippen LogP) is 0.0639. The van der Waals surface area contributed by atoms with Crippen LogP contribution in [-0.2, 0) is 16.4 Å². The van der Waals surface area contributed by atoms with Crippen LogP contribution in [0.5, 0.6) is 5.75 Å². The van der Waals surface area contributed by atoms with Gasteiger partial charge in [0.2, 0.25) is 0 Å². The third-order valence-electron chi connectivity index (χ3n) is 2.61. The Bertz CT molecular complexity index is 455. The largest absolute Gasteiger partial charge is 0.506 e. The minimum atomic E-state index is -2.83. The van der Waals surface area contributed by atoms with Crippen molar-refractivity contribution < 1.29 is 13.5 Å². The van der Waals surface area contributed by atoms with Gasteiger partial charge in [0.1, 0.15) is 5.75 Å². The van der Waals surface area contributed by atoms with Gasteiger partial charge in [-0.25, -0.2) is 8.42 Å². The fourth-order valence-corrected chi connectivity index (χ4v) is 3.43. The summed E-state index contributed by atoms with van der Waals surface area (Å²) in [6, 6.07) is 3.31. The molecule has 0 amide bonds. The third kappa shape index (κ3) is 2.93. The van der Waals surface area contributed by atoms with Crippen LogP contribution in [0.4, 0.5) is 0 Å². The molecule has 0 bridgehead atoms. The maximum absolute atomic E-state index is 11.2. The Hall–Kier alpha value is -1.14. The highest BCUT2D eigenvalue weighted by molar-refractivity contribution is 7.91. The molecule has 2 heterocycles. The zero-order valence-corrected chi connectivity index (χ0v) is 9.57. The summed E-state index contributed by atoms with van der Waals surface area (Å²) in [5, 5.41) is 12.2. The van der Waals surface area contributed by atoms with E-state index in [-0.39, 0.29) is 23.3 Å². The first-order valence-corrected chi connectivity index (χ1v) is 6.95. The standard InChI is InChI=1S/C10H14N2O3S/c13-10-2-1-8(12-6-10)5-11-9-3-4-16(14,15)7-9/h1-2,6,9,11,13H,3-5,7H2. The SMILES string of the molecule is O=S1(=O)CCC(NCc2ccc(O)cn2)C1. The van der Waals surface area contributed by atoms with Crippen LogP contribution in [0.2, 0.25) is 0 Å². The van der Waals surface area contributed by atoms with Gasteiger partial charge in [-0.05, 0) is 18.6 Å². The molecule has 6 heteroatoms. The van der Waals surface area contributed by atoms with E-state index in [4.69, 9.17) is 5.11 Å². The van der Waals surface area contributed by atoms with E-state index in [1.54, 1.807) is 12.1 Å². The molecule has 5 nitrogen and oxygen atoms in total. The van der Waals surface area contributed by atoms with E-state index < -0.39 is 9.84 Å². The van der Waals surface area contributed by atoms with Crippen LogP contribution in [0.25, 0.3) is 0 Å². The number of hydrogen-bond donors (Lipinski definition) is 2. The molecule has 1 unspecified atom stereocenters. The summed E-state index contributed by atoms with van der Waals surface area (Å²) < 4.78 is 22.4. The van der Waals surface area contributed by atoms with Crippen LogP contribution in [0.1, 0.15) is 12.1 Å². The maximum atomic E-state index is 11.2. The lowest BCUT2D eigenvalue weighted by atomic mass is 10.2. The lowest BCUT2D eigenvalue weighted by molar-refractivity contribution is 0.471. The summed E-state index contributed by atoms with van der Waals surface area (Å²) in [7, 11) is -2.83. The van der Waals surface area contributed by atoms with Crippen molar-refractivity contribution >= 4 is 9.84 Å². The average Bonchev–Trinajstić information content (AvgIpc) is 2.58. The topological polar surface area (TPSA) is 79.3 Å². The van der Waals surface area contributed by atoms with Crippen LogP contribution < -0.4 is 5.32 Å². The van der Waals surface area contributed by atoms with Gasteiger partial charge in [0.15, 0.2) is 9.84 Å². The fourth-order valence-electron chi connectivity index (χ4n) is 1.73.